The topological polar surface area (TPSA) is 105 Å². The second kappa shape index (κ2) is 7.58. The third-order valence-electron chi connectivity index (χ3n) is 4.01. The molecule has 1 aliphatic rings. The Kier molecular flexibility index (Phi) is 5.42. The number of nitrogens with one attached hydrogen (secondary N) is 2. The summed E-state index contributed by atoms with van der Waals surface area (Å²) in [6.45, 7) is 1.66. The van der Waals surface area contributed by atoms with Crippen molar-refractivity contribution in [3.8, 4) is 0 Å². The molecular weight excluding hydrogens is 380 g/mol. The highest BCUT2D eigenvalue weighted by atomic mass is 35.5. The van der Waals surface area contributed by atoms with Gasteiger partial charge in [0, 0.05) is 38.3 Å². The van der Waals surface area contributed by atoms with Crippen LogP contribution in [0.4, 0.5) is 17.1 Å². The highest BCUT2D eigenvalue weighted by Gasteiger charge is 2.30. The number of benzene rings is 2. The number of para-hydroxylation sites is 1. The van der Waals surface area contributed by atoms with E-state index in [9.17, 15) is 18.5 Å². The molecule has 10 heteroatoms. The first-order valence-corrected chi connectivity index (χ1v) is 9.72. The van der Waals surface area contributed by atoms with E-state index in [1.807, 2.05) is 0 Å². The minimum Gasteiger partial charge on any atom is -0.353 e. The van der Waals surface area contributed by atoms with Gasteiger partial charge in [0.05, 0.1) is 21.3 Å². The lowest BCUT2D eigenvalue weighted by atomic mass is 10.2. The third-order valence-corrected chi connectivity index (χ3v) is 6.28. The quantitative estimate of drug-likeness (QED) is 0.594. The molecule has 0 bridgehead atoms. The van der Waals surface area contributed by atoms with Crippen LogP contribution in [-0.2, 0) is 10.0 Å². The average molecular weight is 397 g/mol. The fourth-order valence-corrected chi connectivity index (χ4v) is 4.46. The Hall–Kier alpha value is -2.20. The van der Waals surface area contributed by atoms with Gasteiger partial charge < -0.3 is 10.6 Å². The molecule has 1 aliphatic heterocycles. The van der Waals surface area contributed by atoms with Crippen LogP contribution in [0.25, 0.3) is 0 Å². The van der Waals surface area contributed by atoms with Gasteiger partial charge >= 0.3 is 0 Å². The summed E-state index contributed by atoms with van der Waals surface area (Å²) in [6, 6.07) is 10.6. The summed E-state index contributed by atoms with van der Waals surface area (Å²) < 4.78 is 27.4. The van der Waals surface area contributed by atoms with Crippen LogP contribution in [0.15, 0.2) is 47.4 Å². The van der Waals surface area contributed by atoms with E-state index in [0.29, 0.717) is 36.9 Å². The molecule has 138 valence electrons. The molecule has 0 spiro atoms. The van der Waals surface area contributed by atoms with Gasteiger partial charge in [-0.3, -0.25) is 10.1 Å². The third kappa shape index (κ3) is 3.80. The minimum absolute atomic E-state index is 0.145. The lowest BCUT2D eigenvalue weighted by Crippen LogP contribution is -2.46. The number of nitrogens with zero attached hydrogens (tertiary/aromatic N) is 2. The van der Waals surface area contributed by atoms with Gasteiger partial charge in [0.25, 0.3) is 5.69 Å². The zero-order chi connectivity index (χ0) is 18.7. The van der Waals surface area contributed by atoms with Gasteiger partial charge in [0.15, 0.2) is 0 Å². The first-order valence-electron chi connectivity index (χ1n) is 7.90. The largest absolute Gasteiger partial charge is 0.353 e. The van der Waals surface area contributed by atoms with Crippen LogP contribution in [0.5, 0.6) is 0 Å². The molecule has 1 saturated heterocycles. The van der Waals surface area contributed by atoms with E-state index < -0.39 is 14.9 Å². The highest BCUT2D eigenvalue weighted by Crippen LogP contribution is 2.33. The summed E-state index contributed by atoms with van der Waals surface area (Å²) in [5.74, 6) is 0. The number of hydrogen-bond donors (Lipinski definition) is 2. The molecule has 8 nitrogen and oxygen atoms in total. The Balaban J connectivity index is 2.07. The van der Waals surface area contributed by atoms with E-state index in [4.69, 9.17) is 11.6 Å². The zero-order valence-corrected chi connectivity index (χ0v) is 15.3. The standard InChI is InChI=1S/C16H17ClN4O4S/c17-13-3-1-2-4-14(13)19-15-6-5-12(21(22)23)11-16(15)26(24,25)20-9-7-18-8-10-20/h1-6,11,18-19H,7-10H2. The van der Waals surface area contributed by atoms with E-state index >= 15 is 0 Å². The van der Waals surface area contributed by atoms with E-state index in [1.54, 1.807) is 24.3 Å². The lowest BCUT2D eigenvalue weighted by Gasteiger charge is -2.27. The van der Waals surface area contributed by atoms with Crippen molar-refractivity contribution in [2.24, 2.45) is 0 Å². The molecule has 1 fully saturated rings. The molecule has 2 aromatic rings. The van der Waals surface area contributed by atoms with Crippen LogP contribution < -0.4 is 10.6 Å². The van der Waals surface area contributed by atoms with E-state index in [1.165, 1.54) is 16.4 Å². The fourth-order valence-electron chi connectivity index (χ4n) is 2.67. The van der Waals surface area contributed by atoms with Crippen LogP contribution >= 0.6 is 11.6 Å². The van der Waals surface area contributed by atoms with Gasteiger partial charge in [-0.25, -0.2) is 8.42 Å². The molecule has 0 radical (unpaired) electrons. The van der Waals surface area contributed by atoms with Crippen molar-refractivity contribution >= 4 is 38.7 Å². The van der Waals surface area contributed by atoms with Crippen molar-refractivity contribution in [2.75, 3.05) is 31.5 Å². The maximum atomic E-state index is 13.1. The van der Waals surface area contributed by atoms with Gasteiger partial charge in [0.2, 0.25) is 10.0 Å². The number of halogens is 1. The van der Waals surface area contributed by atoms with Crippen molar-refractivity contribution in [3.63, 3.8) is 0 Å². The van der Waals surface area contributed by atoms with E-state index in [-0.39, 0.29) is 16.3 Å². The zero-order valence-electron chi connectivity index (χ0n) is 13.7. The number of nitro groups is 1. The van der Waals surface area contributed by atoms with Gasteiger partial charge in [-0.15, -0.1) is 0 Å². The summed E-state index contributed by atoms with van der Waals surface area (Å²) in [5, 5.41) is 17.6. The van der Waals surface area contributed by atoms with E-state index in [0.717, 1.165) is 6.07 Å². The lowest BCUT2D eigenvalue weighted by molar-refractivity contribution is -0.385. The second-order valence-corrected chi connectivity index (χ2v) is 8.01. The SMILES string of the molecule is O=[N+]([O-])c1ccc(Nc2ccccc2Cl)c(S(=O)(=O)N2CCNCC2)c1. The maximum absolute atomic E-state index is 13.1. The maximum Gasteiger partial charge on any atom is 0.270 e. The number of nitro benzene ring substituents is 1. The number of rotatable bonds is 5. The Morgan fingerprint density at radius 1 is 1.12 bits per heavy atom. The van der Waals surface area contributed by atoms with Crippen molar-refractivity contribution in [2.45, 2.75) is 4.90 Å². The first kappa shape index (κ1) is 18.6. The second-order valence-electron chi connectivity index (χ2n) is 5.70. The summed E-state index contributed by atoms with van der Waals surface area (Å²) in [4.78, 5) is 10.4. The monoisotopic (exact) mass is 396 g/mol. The van der Waals surface area contributed by atoms with Crippen molar-refractivity contribution in [1.29, 1.82) is 0 Å². The first-order chi connectivity index (χ1) is 12.4. The molecule has 3 rings (SSSR count). The highest BCUT2D eigenvalue weighted by molar-refractivity contribution is 7.89. The number of hydrogen-bond acceptors (Lipinski definition) is 6. The van der Waals surface area contributed by atoms with Gasteiger partial charge in [-0.2, -0.15) is 4.31 Å². The Morgan fingerprint density at radius 2 is 1.81 bits per heavy atom. The van der Waals surface area contributed by atoms with Gasteiger partial charge in [-0.05, 0) is 18.2 Å². The van der Waals surface area contributed by atoms with Crippen molar-refractivity contribution < 1.29 is 13.3 Å². The number of non-ortho nitro benzene ring substituents is 1. The minimum atomic E-state index is -3.90. The number of piperazine rings is 1. The number of anilines is 2. The van der Waals surface area contributed by atoms with Crippen LogP contribution in [-0.4, -0.2) is 43.8 Å². The molecule has 0 unspecified atom stereocenters. The normalized spacial score (nSPS) is 15.6. The Morgan fingerprint density at radius 3 is 2.46 bits per heavy atom. The van der Waals surface area contributed by atoms with Crippen molar-refractivity contribution in [1.82, 2.24) is 9.62 Å². The molecule has 2 N–H and O–H groups in total. The average Bonchev–Trinajstić information content (AvgIpc) is 2.64. The molecule has 0 aliphatic carbocycles. The molecular formula is C16H17ClN4O4S. The summed E-state index contributed by atoms with van der Waals surface area (Å²) in [6.07, 6.45) is 0. The van der Waals surface area contributed by atoms with Gasteiger partial charge in [-0.1, -0.05) is 23.7 Å². The van der Waals surface area contributed by atoms with Crippen LogP contribution in [0.1, 0.15) is 0 Å². The van der Waals surface area contributed by atoms with E-state index in [2.05, 4.69) is 10.6 Å². The molecule has 2 aromatic carbocycles. The van der Waals surface area contributed by atoms with Gasteiger partial charge in [0.1, 0.15) is 4.90 Å². The van der Waals surface area contributed by atoms with Crippen LogP contribution in [0, 0.1) is 10.1 Å². The molecule has 26 heavy (non-hydrogen) atoms. The summed E-state index contributed by atoms with van der Waals surface area (Å²) >= 11 is 6.13. The van der Waals surface area contributed by atoms with Crippen molar-refractivity contribution in [3.05, 3.63) is 57.6 Å². The van der Waals surface area contributed by atoms with Crippen LogP contribution in [0.2, 0.25) is 5.02 Å². The Labute approximate surface area is 156 Å². The smallest absolute Gasteiger partial charge is 0.270 e. The fraction of sp³-hybridized carbons (Fsp3) is 0.250. The number of sulfonamides is 1. The summed E-state index contributed by atoms with van der Waals surface area (Å²) in [5.41, 5.74) is 0.463. The summed E-state index contributed by atoms with van der Waals surface area (Å²) in [7, 11) is -3.90. The molecule has 0 saturated carbocycles. The molecule has 0 amide bonds. The molecule has 0 aromatic heterocycles. The Bertz CT molecular complexity index is 930. The van der Waals surface area contributed by atoms with Crippen LogP contribution in [0.3, 0.4) is 0 Å². The predicted octanol–water partition coefficient (Wildman–Crippen LogP) is 2.59. The predicted molar refractivity (Wildman–Crippen MR) is 99.5 cm³/mol. The molecule has 0 atom stereocenters. The molecule has 1 heterocycles.